The van der Waals surface area contributed by atoms with Crippen LogP contribution in [0.4, 0.5) is 8.78 Å². The molecule has 0 heterocycles. The first-order valence-electron chi connectivity index (χ1n) is 5.92. The van der Waals surface area contributed by atoms with Crippen molar-refractivity contribution in [2.45, 2.75) is 6.92 Å². The van der Waals surface area contributed by atoms with E-state index >= 15 is 0 Å². The van der Waals surface area contributed by atoms with Gasteiger partial charge in [-0.25, -0.2) is 13.6 Å². The van der Waals surface area contributed by atoms with Gasteiger partial charge in [-0.3, -0.25) is 4.79 Å². The van der Waals surface area contributed by atoms with Crippen molar-refractivity contribution in [3.63, 3.8) is 0 Å². The van der Waals surface area contributed by atoms with Crippen molar-refractivity contribution in [3.05, 3.63) is 47.2 Å². The Balaban J connectivity index is 3.20. The molecule has 20 heavy (non-hydrogen) atoms. The quantitative estimate of drug-likeness (QED) is 0.273. The lowest BCUT2D eigenvalue weighted by molar-refractivity contribution is -0.138. The molecule has 0 spiro atoms. The number of carbonyl (C=O) groups is 2. The number of rotatable bonds is 5. The minimum absolute atomic E-state index is 0.0861. The van der Waals surface area contributed by atoms with Gasteiger partial charge in [0, 0.05) is 26.4 Å². The second-order valence-corrected chi connectivity index (χ2v) is 4.18. The molecule has 1 rings (SSSR count). The van der Waals surface area contributed by atoms with Crippen LogP contribution in [-0.2, 0) is 9.53 Å². The Hall–Kier alpha value is -2.24. The number of hydrogen-bond donors (Lipinski definition) is 0. The molecule has 0 unspecified atom stereocenters. The fourth-order valence-corrected chi connectivity index (χ4v) is 1.49. The number of carbonyl (C=O) groups excluding carboxylic acids is 2. The third-order valence-corrected chi connectivity index (χ3v) is 2.30. The molecule has 4 nitrogen and oxygen atoms in total. The van der Waals surface area contributed by atoms with Gasteiger partial charge < -0.3 is 9.64 Å². The number of hydrogen-bond acceptors (Lipinski definition) is 4. The van der Waals surface area contributed by atoms with Gasteiger partial charge >= 0.3 is 5.97 Å². The molecular formula is C14H15F2NO3. The van der Waals surface area contributed by atoms with Crippen molar-refractivity contribution >= 4 is 11.8 Å². The number of esters is 1. The summed E-state index contributed by atoms with van der Waals surface area (Å²) in [6.07, 6.45) is 1.24. The van der Waals surface area contributed by atoms with Crippen molar-refractivity contribution in [1.29, 1.82) is 0 Å². The molecule has 0 aliphatic heterocycles. The number of benzene rings is 1. The van der Waals surface area contributed by atoms with Crippen molar-refractivity contribution in [3.8, 4) is 0 Å². The predicted octanol–water partition coefficient (Wildman–Crippen LogP) is 2.16. The summed E-state index contributed by atoms with van der Waals surface area (Å²) in [5, 5.41) is 0. The van der Waals surface area contributed by atoms with Gasteiger partial charge in [0.25, 0.3) is 0 Å². The van der Waals surface area contributed by atoms with E-state index in [-0.39, 0.29) is 17.7 Å². The molecule has 0 fully saturated rings. The van der Waals surface area contributed by atoms with Crippen LogP contribution in [-0.4, -0.2) is 37.4 Å². The second-order valence-electron chi connectivity index (χ2n) is 4.18. The largest absolute Gasteiger partial charge is 0.462 e. The molecule has 108 valence electrons. The fourth-order valence-electron chi connectivity index (χ4n) is 1.49. The first-order chi connectivity index (χ1) is 9.36. The van der Waals surface area contributed by atoms with Gasteiger partial charge in [-0.15, -0.1) is 0 Å². The molecular weight excluding hydrogens is 268 g/mol. The minimum Gasteiger partial charge on any atom is -0.462 e. The molecule has 0 saturated carbocycles. The third kappa shape index (κ3) is 3.88. The molecule has 1 aromatic rings. The zero-order valence-electron chi connectivity index (χ0n) is 11.4. The molecule has 0 aliphatic carbocycles. The van der Waals surface area contributed by atoms with E-state index in [0.717, 1.165) is 12.1 Å². The first kappa shape index (κ1) is 15.8. The molecule has 0 aliphatic rings. The van der Waals surface area contributed by atoms with Gasteiger partial charge in [0.2, 0.25) is 5.78 Å². The standard InChI is InChI=1S/C14H15F2NO3/c1-4-20-14(19)11(8-17(2)3)13(18)10-6-5-9(15)7-12(10)16/h5-8H,4H2,1-3H3/b11-8-. The normalized spacial score (nSPS) is 11.2. The van der Waals surface area contributed by atoms with Crippen LogP contribution in [0.5, 0.6) is 0 Å². The lowest BCUT2D eigenvalue weighted by atomic mass is 10.0. The van der Waals surface area contributed by atoms with Crippen LogP contribution in [0.1, 0.15) is 17.3 Å². The number of Topliss-reactive ketones (excluding diaryl/α,β-unsaturated/α-hetero) is 1. The summed E-state index contributed by atoms with van der Waals surface area (Å²) in [4.78, 5) is 25.4. The lowest BCUT2D eigenvalue weighted by Gasteiger charge is -2.11. The number of nitrogens with zero attached hydrogens (tertiary/aromatic N) is 1. The zero-order chi connectivity index (χ0) is 15.3. The van der Waals surface area contributed by atoms with Gasteiger partial charge in [0.15, 0.2) is 0 Å². The Morgan fingerprint density at radius 1 is 1.30 bits per heavy atom. The zero-order valence-corrected chi connectivity index (χ0v) is 11.4. The predicted molar refractivity (Wildman–Crippen MR) is 69.1 cm³/mol. The highest BCUT2D eigenvalue weighted by Gasteiger charge is 2.24. The summed E-state index contributed by atoms with van der Waals surface area (Å²) >= 11 is 0. The Labute approximate surface area is 115 Å². The number of ketones is 1. The van der Waals surface area contributed by atoms with E-state index in [1.165, 1.54) is 11.1 Å². The maximum absolute atomic E-state index is 13.6. The highest BCUT2D eigenvalue weighted by molar-refractivity contribution is 6.24. The molecule has 0 N–H and O–H groups in total. The van der Waals surface area contributed by atoms with Gasteiger partial charge in [0.05, 0.1) is 12.2 Å². The molecule has 0 aromatic heterocycles. The topological polar surface area (TPSA) is 46.6 Å². The van der Waals surface area contributed by atoms with E-state index in [9.17, 15) is 18.4 Å². The van der Waals surface area contributed by atoms with Crippen molar-refractivity contribution in [2.24, 2.45) is 0 Å². The monoisotopic (exact) mass is 283 g/mol. The van der Waals surface area contributed by atoms with Crippen LogP contribution in [0.25, 0.3) is 0 Å². The maximum atomic E-state index is 13.6. The maximum Gasteiger partial charge on any atom is 0.343 e. The van der Waals surface area contributed by atoms with Crippen LogP contribution in [0.2, 0.25) is 0 Å². The summed E-state index contributed by atoms with van der Waals surface area (Å²) in [5.41, 5.74) is -0.699. The van der Waals surface area contributed by atoms with Gasteiger partial charge in [-0.2, -0.15) is 0 Å². The highest BCUT2D eigenvalue weighted by Crippen LogP contribution is 2.15. The van der Waals surface area contributed by atoms with Crippen LogP contribution in [0, 0.1) is 11.6 Å². The number of ether oxygens (including phenoxy) is 1. The van der Waals surface area contributed by atoms with Crippen molar-refractivity contribution < 1.29 is 23.1 Å². The molecule has 0 radical (unpaired) electrons. The van der Waals surface area contributed by atoms with Crippen LogP contribution in [0.3, 0.4) is 0 Å². The van der Waals surface area contributed by atoms with Gasteiger partial charge in [0.1, 0.15) is 17.2 Å². The van der Waals surface area contributed by atoms with E-state index in [4.69, 9.17) is 4.74 Å². The smallest absolute Gasteiger partial charge is 0.343 e. The Morgan fingerprint density at radius 2 is 1.95 bits per heavy atom. The second kappa shape index (κ2) is 6.79. The summed E-state index contributed by atoms with van der Waals surface area (Å²) in [5.74, 6) is -3.53. The van der Waals surface area contributed by atoms with Gasteiger partial charge in [-0.05, 0) is 19.1 Å². The van der Waals surface area contributed by atoms with Crippen molar-refractivity contribution in [2.75, 3.05) is 20.7 Å². The van der Waals surface area contributed by atoms with E-state index in [1.54, 1.807) is 21.0 Å². The first-order valence-corrected chi connectivity index (χ1v) is 5.92. The van der Waals surface area contributed by atoms with Crippen LogP contribution >= 0.6 is 0 Å². The van der Waals surface area contributed by atoms with E-state index in [0.29, 0.717) is 6.07 Å². The summed E-state index contributed by atoms with van der Waals surface area (Å²) in [7, 11) is 3.21. The SMILES string of the molecule is CCOC(=O)/C(=C\N(C)C)C(=O)c1ccc(F)cc1F. The number of halogens is 2. The molecule has 6 heteroatoms. The molecule has 0 atom stereocenters. The van der Waals surface area contributed by atoms with Crippen LogP contribution < -0.4 is 0 Å². The van der Waals surface area contributed by atoms with E-state index < -0.39 is 23.4 Å². The summed E-state index contributed by atoms with van der Waals surface area (Å²) in [6, 6.07) is 2.54. The lowest BCUT2D eigenvalue weighted by Crippen LogP contribution is -2.20. The minimum atomic E-state index is -1.02. The van der Waals surface area contributed by atoms with E-state index in [1.807, 2.05) is 0 Å². The van der Waals surface area contributed by atoms with Crippen molar-refractivity contribution in [1.82, 2.24) is 4.90 Å². The fraction of sp³-hybridized carbons (Fsp3) is 0.286. The Morgan fingerprint density at radius 3 is 2.45 bits per heavy atom. The molecule has 0 bridgehead atoms. The average molecular weight is 283 g/mol. The van der Waals surface area contributed by atoms with Crippen LogP contribution in [0.15, 0.2) is 30.0 Å². The molecule has 1 aromatic carbocycles. The van der Waals surface area contributed by atoms with E-state index in [2.05, 4.69) is 0 Å². The summed E-state index contributed by atoms with van der Waals surface area (Å²) < 4.78 is 31.2. The molecule has 0 saturated heterocycles. The average Bonchev–Trinajstić information content (AvgIpc) is 2.35. The van der Waals surface area contributed by atoms with Gasteiger partial charge in [-0.1, -0.05) is 0 Å². The third-order valence-electron chi connectivity index (χ3n) is 2.30. The molecule has 0 amide bonds. The Bertz CT molecular complexity index is 553. The Kier molecular flexibility index (Phi) is 5.37. The highest BCUT2D eigenvalue weighted by atomic mass is 19.1. The summed E-state index contributed by atoms with van der Waals surface area (Å²) in [6.45, 7) is 1.68.